The van der Waals surface area contributed by atoms with Crippen LogP contribution >= 0.6 is 0 Å². The van der Waals surface area contributed by atoms with Gasteiger partial charge in [0.1, 0.15) is 47.7 Å². The summed E-state index contributed by atoms with van der Waals surface area (Å²) in [5, 5.41) is 13.1. The highest BCUT2D eigenvalue weighted by Crippen LogP contribution is 2.36. The number of ether oxygens (including phenoxy) is 7. The number of carbonyl (C=O) groups is 6. The number of pyridine rings is 2. The first-order chi connectivity index (χ1) is 51.4. The third-order valence-corrected chi connectivity index (χ3v) is 18.1. The van der Waals surface area contributed by atoms with Crippen LogP contribution in [-0.2, 0) is 93.6 Å². The fourth-order valence-corrected chi connectivity index (χ4v) is 12.7. The maximum Gasteiger partial charge on any atom is 0.425 e. The van der Waals surface area contributed by atoms with Crippen LogP contribution < -0.4 is 42.9 Å². The van der Waals surface area contributed by atoms with E-state index in [0.717, 1.165) is 6.42 Å². The van der Waals surface area contributed by atoms with E-state index in [0.29, 0.717) is 121 Å². The second-order valence-electron chi connectivity index (χ2n) is 23.6. The first-order valence-electron chi connectivity index (χ1n) is 32.6. The minimum atomic E-state index is -4.69. The summed E-state index contributed by atoms with van der Waals surface area (Å²) in [6.45, 7) is 10.7. The van der Waals surface area contributed by atoms with Crippen LogP contribution in [0, 0.1) is 27.7 Å². The topological polar surface area (TPSA) is 539 Å². The molecule has 0 unspecified atom stereocenters. The monoisotopic (exact) mass is 1650 g/mol. The summed E-state index contributed by atoms with van der Waals surface area (Å²) in [6, 6.07) is 25.7. The van der Waals surface area contributed by atoms with Gasteiger partial charge in [0.15, 0.2) is 13.1 Å². The highest BCUT2D eigenvalue weighted by atomic mass is 32.3. The van der Waals surface area contributed by atoms with Gasteiger partial charge in [-0.2, -0.15) is 34.4 Å². The molecular weight excluding hydrogens is 1580 g/mol. The summed E-state index contributed by atoms with van der Waals surface area (Å²) in [4.78, 5) is 72.4. The highest BCUT2D eigenvalue weighted by molar-refractivity contribution is 7.86. The fraction of sp³-hybridized carbons (Fsp3) is 0.353. The van der Waals surface area contributed by atoms with E-state index in [-0.39, 0.29) is 91.3 Å². The number of carboxylic acid groups (broad SMARTS) is 1. The minimum Gasteiger partial charge on any atom is -0.748 e. The van der Waals surface area contributed by atoms with E-state index in [4.69, 9.17) is 67.5 Å². The Morgan fingerprint density at radius 3 is 1.10 bits per heavy atom. The summed E-state index contributed by atoms with van der Waals surface area (Å²) in [5.41, 5.74) is 4.41. The SMILES string of the molecule is CCCOc1ccc2c(c1)c(C(=O)Oc1c(C)cc(C(=O)O)cc1C)c1cc(OCCOS(=O)(=O)O)ccc1[n+]2CCCS(=O)(=O)[O-].CCCOc1ccc2c(c1)c(C(=O)Oc1c(C)cc(C(=O)OC)cc1C)c1cc(OCCCS(=O)(=O)O)ccc1[n+]2CCCS(=O)(=O)O.O=C1CCC(=O)N1.O=S(=O)=O.O=S(=O)=O. The van der Waals surface area contributed by atoms with Crippen molar-refractivity contribution in [3.63, 3.8) is 0 Å². The standard InChI is InChI=1S/C33H37NO12S2.C31H33NO13S2.C4H5NO2.2O3S/c1-5-13-44-24-8-10-28-26(19-24)30(33(36)46-31-21(2)17-23(18-22(31)3)32(35)43-4)27-20-25(45-14-7-16-48(40,41)42)9-11-29(27)34(28)12-6-15-47(37,38)39;1-4-11-42-22-6-8-26-24(17-22)28(31(35)45-29-19(2)15-21(30(33)34)16-20(29)3)25-18-23(43-12-13-44-47(39,40)41)7-9-27(25)32(26)10-5-14-46(36,37)38;6-3-1-2-4(7)5-3;2*1-4(2)3/h8-11,17-20H,5-7,12-16H2,1-4H3,(H-,37,38,39,40,41,42);6-9,15-18H,4-5,10-14H2,1-3H3,(H2-,33,34,36,37,38,39,40,41);1-2H2,(H,5,6,7);;/p+1. The summed E-state index contributed by atoms with van der Waals surface area (Å²) < 4.78 is 227. The predicted molar refractivity (Wildman–Crippen MR) is 386 cm³/mol. The zero-order chi connectivity index (χ0) is 82.2. The Morgan fingerprint density at radius 2 is 0.800 bits per heavy atom. The van der Waals surface area contributed by atoms with Crippen LogP contribution in [0.15, 0.2) is 97.1 Å². The van der Waals surface area contributed by atoms with E-state index in [1.807, 2.05) is 18.4 Å². The number of carbonyl (C=O) groups excluding carboxylic acids is 5. The van der Waals surface area contributed by atoms with Gasteiger partial charge in [0, 0.05) is 55.7 Å². The molecule has 2 aromatic heterocycles. The maximum atomic E-state index is 14.3. The molecule has 1 fully saturated rings. The summed E-state index contributed by atoms with van der Waals surface area (Å²) in [6.07, 6.45) is 2.23. The van der Waals surface area contributed by atoms with E-state index >= 15 is 0 Å². The molecule has 5 N–H and O–H groups in total. The quantitative estimate of drug-likeness (QED) is 0.00677. The van der Waals surface area contributed by atoms with Crippen molar-refractivity contribution >= 4 is 141 Å². The maximum absolute atomic E-state index is 14.3. The van der Waals surface area contributed by atoms with Crippen molar-refractivity contribution in [3.05, 3.63) is 142 Å². The molecule has 9 rings (SSSR count). The van der Waals surface area contributed by atoms with E-state index < -0.39 is 110 Å². The molecule has 1 saturated heterocycles. The fourth-order valence-electron chi connectivity index (χ4n) is 11.0. The number of aryl methyl sites for hydroxylation is 6. The molecule has 1 aliphatic rings. The molecule has 0 radical (unpaired) electrons. The zero-order valence-electron chi connectivity index (χ0n) is 59.7. The molecule has 0 atom stereocenters. The van der Waals surface area contributed by atoms with Crippen LogP contribution in [0.3, 0.4) is 0 Å². The number of nitrogens with zero attached hydrogens (tertiary/aromatic N) is 2. The number of carboxylic acids is 1. The smallest absolute Gasteiger partial charge is 0.425 e. The van der Waals surface area contributed by atoms with Crippen LogP contribution in [0.25, 0.3) is 43.6 Å². The number of aromatic nitrogens is 2. The number of esters is 3. The lowest BCUT2D eigenvalue weighted by Crippen LogP contribution is -2.37. The average molecular weight is 1660 g/mol. The molecule has 42 heteroatoms. The second kappa shape index (κ2) is 41.0. The molecular formula is C68H76N3O33S6+. The largest absolute Gasteiger partial charge is 0.748 e. The summed E-state index contributed by atoms with van der Waals surface area (Å²) in [5.74, 6) is -3.31. The van der Waals surface area contributed by atoms with Gasteiger partial charge in [-0.05, 0) is 142 Å². The van der Waals surface area contributed by atoms with Crippen molar-refractivity contribution in [2.75, 3.05) is 57.4 Å². The van der Waals surface area contributed by atoms with Crippen LogP contribution in [0.2, 0.25) is 0 Å². The highest BCUT2D eigenvalue weighted by Gasteiger charge is 2.31. The van der Waals surface area contributed by atoms with Crippen molar-refractivity contribution in [2.45, 2.75) is 99.6 Å². The van der Waals surface area contributed by atoms with Crippen LogP contribution in [0.1, 0.15) is 122 Å². The van der Waals surface area contributed by atoms with Crippen molar-refractivity contribution in [1.82, 2.24) is 5.32 Å². The van der Waals surface area contributed by atoms with Gasteiger partial charge in [-0.3, -0.25) is 28.6 Å². The van der Waals surface area contributed by atoms with Crippen molar-refractivity contribution in [1.29, 1.82) is 0 Å². The van der Waals surface area contributed by atoms with Gasteiger partial charge in [0.25, 0.3) is 20.2 Å². The lowest BCUT2D eigenvalue weighted by atomic mass is 10.0. The van der Waals surface area contributed by atoms with Gasteiger partial charge in [-0.15, -0.1) is 25.3 Å². The van der Waals surface area contributed by atoms with Gasteiger partial charge in [0.05, 0.1) is 92.4 Å². The third-order valence-electron chi connectivity index (χ3n) is 15.3. The Balaban J connectivity index is 0.000000331. The number of nitrogens with one attached hydrogen (secondary N) is 1. The van der Waals surface area contributed by atoms with Crippen LogP contribution in [-0.4, -0.2) is 175 Å². The molecule has 110 heavy (non-hydrogen) atoms. The number of rotatable bonds is 30. The Bertz CT molecular complexity index is 5450. The summed E-state index contributed by atoms with van der Waals surface area (Å²) >= 11 is 0. The molecule has 1 aliphatic heterocycles. The van der Waals surface area contributed by atoms with Crippen LogP contribution in [0.4, 0.5) is 0 Å². The second-order valence-corrected chi connectivity index (χ2v) is 30.2. The van der Waals surface area contributed by atoms with Gasteiger partial charge in [-0.25, -0.2) is 31.8 Å². The Morgan fingerprint density at radius 1 is 0.473 bits per heavy atom. The predicted octanol–water partition coefficient (Wildman–Crippen LogP) is 5.78. The third kappa shape index (κ3) is 28.6. The lowest BCUT2D eigenvalue weighted by Gasteiger charge is -2.16. The normalized spacial score (nSPS) is 12.0. The molecule has 2 amide bonds. The number of benzene rings is 6. The minimum absolute atomic E-state index is 0.0113. The Kier molecular flexibility index (Phi) is 33.6. The molecule has 36 nitrogen and oxygen atoms in total. The molecule has 0 saturated carbocycles. The van der Waals surface area contributed by atoms with E-state index in [1.54, 1.807) is 105 Å². The molecule has 6 aromatic carbocycles. The average Bonchev–Trinajstić information content (AvgIpc) is 0.805. The van der Waals surface area contributed by atoms with E-state index in [1.165, 1.54) is 31.4 Å². The number of fused-ring (bicyclic) bond motifs is 4. The molecule has 0 bridgehead atoms. The van der Waals surface area contributed by atoms with Crippen molar-refractivity contribution < 1.29 is 157 Å². The first-order valence-corrected chi connectivity index (χ1v) is 40.8. The van der Waals surface area contributed by atoms with Gasteiger partial charge in [0.2, 0.25) is 33.9 Å². The molecule has 596 valence electrons. The van der Waals surface area contributed by atoms with Crippen LogP contribution in [0.5, 0.6) is 34.5 Å². The van der Waals surface area contributed by atoms with E-state index in [9.17, 15) is 76.7 Å². The molecule has 0 spiro atoms. The molecule has 0 aliphatic carbocycles. The van der Waals surface area contributed by atoms with Gasteiger partial charge < -0.3 is 42.8 Å². The molecule has 3 heterocycles. The number of hydrogen-bond acceptors (Lipinski definition) is 29. The first kappa shape index (κ1) is 90.3. The van der Waals surface area contributed by atoms with Crippen molar-refractivity contribution in [3.8, 4) is 34.5 Å². The zero-order valence-corrected chi connectivity index (χ0v) is 64.6. The number of methoxy groups -OCH3 is 1. The number of aromatic carboxylic acids is 1. The Hall–Kier alpha value is -10.3. The Labute approximate surface area is 633 Å². The lowest BCUT2D eigenvalue weighted by molar-refractivity contribution is -0.645. The number of imide groups is 1. The molecule has 8 aromatic rings. The number of amides is 2. The van der Waals surface area contributed by atoms with E-state index in [2.05, 4.69) is 9.50 Å². The van der Waals surface area contributed by atoms with Gasteiger partial charge >= 0.3 is 55.5 Å². The summed E-state index contributed by atoms with van der Waals surface area (Å²) in [7, 11) is -22.6. The van der Waals surface area contributed by atoms with Gasteiger partial charge in [-0.1, -0.05) is 13.8 Å². The number of hydrogen-bond donors (Lipinski definition) is 5. The van der Waals surface area contributed by atoms with Crippen molar-refractivity contribution in [2.24, 2.45) is 0 Å².